The first-order valence-electron chi connectivity index (χ1n) is 9.35. The van der Waals surface area contributed by atoms with Crippen molar-refractivity contribution in [1.82, 2.24) is 15.2 Å². The minimum Gasteiger partial charge on any atom is -0.338 e. The van der Waals surface area contributed by atoms with Crippen LogP contribution in [0.5, 0.6) is 0 Å². The van der Waals surface area contributed by atoms with Gasteiger partial charge < -0.3 is 10.2 Å². The molecule has 1 amide bonds. The van der Waals surface area contributed by atoms with Gasteiger partial charge in [0.25, 0.3) is 5.91 Å². The van der Waals surface area contributed by atoms with Gasteiger partial charge in [0, 0.05) is 37.1 Å². The molecule has 0 radical (unpaired) electrons. The minimum absolute atomic E-state index is 0.0614. The third kappa shape index (κ3) is 2.88. The van der Waals surface area contributed by atoms with E-state index in [-0.39, 0.29) is 11.7 Å². The first-order chi connectivity index (χ1) is 13.2. The fourth-order valence-electron chi connectivity index (χ4n) is 4.31. The number of nitrogens with one attached hydrogen (secondary N) is 1. The summed E-state index contributed by atoms with van der Waals surface area (Å²) >= 11 is 0. The molecular weight excluding hydrogens is 341 g/mol. The Balaban J connectivity index is 1.58. The predicted octanol–water partition coefficient (Wildman–Crippen LogP) is 3.33. The van der Waals surface area contributed by atoms with E-state index in [0.29, 0.717) is 23.1 Å². The lowest BCUT2D eigenvalue weighted by Crippen LogP contribution is -2.32. The third-order valence-electron chi connectivity index (χ3n) is 5.76. The Morgan fingerprint density at radius 2 is 1.74 bits per heavy atom. The largest absolute Gasteiger partial charge is 0.338 e. The molecule has 0 aliphatic carbocycles. The zero-order chi connectivity index (χ0) is 18.4. The Labute approximate surface area is 157 Å². The molecule has 5 heteroatoms. The molecule has 0 saturated carbocycles. The van der Waals surface area contributed by atoms with Gasteiger partial charge >= 0.3 is 0 Å². The van der Waals surface area contributed by atoms with E-state index in [1.54, 1.807) is 12.1 Å². The van der Waals surface area contributed by atoms with Crippen LogP contribution in [0.2, 0.25) is 0 Å². The van der Waals surface area contributed by atoms with Crippen molar-refractivity contribution in [3.05, 3.63) is 66.0 Å². The number of nitrogens with zero attached hydrogens (tertiary/aromatic N) is 2. The molecule has 3 aromatic rings. The number of hydrogen-bond donors (Lipinski definition) is 1. The molecule has 27 heavy (non-hydrogen) atoms. The van der Waals surface area contributed by atoms with Crippen molar-refractivity contribution in [2.45, 2.75) is 0 Å². The van der Waals surface area contributed by atoms with Crippen molar-refractivity contribution in [1.29, 1.82) is 0 Å². The first-order valence-corrected chi connectivity index (χ1v) is 9.35. The van der Waals surface area contributed by atoms with E-state index in [1.807, 2.05) is 35.2 Å². The molecule has 4 nitrogen and oxygen atoms in total. The van der Waals surface area contributed by atoms with Crippen LogP contribution in [-0.2, 0) is 0 Å². The highest BCUT2D eigenvalue weighted by Crippen LogP contribution is 2.30. The monoisotopic (exact) mass is 361 g/mol. The third-order valence-corrected chi connectivity index (χ3v) is 5.76. The second-order valence-electron chi connectivity index (χ2n) is 7.47. The lowest BCUT2D eigenvalue weighted by atomic mass is 10.0. The standard InChI is InChI=1S/C22H20FN3O/c23-17-7-5-14(6-8-17)21-9-19(18-3-1-2-4-20(18)25-21)22(27)26-12-15-10-24-11-16(15)13-26/h1-9,15-16,24H,10-13H2/t15-,16+. The fraction of sp³-hybridized carbons (Fsp3) is 0.273. The molecule has 0 bridgehead atoms. The Morgan fingerprint density at radius 1 is 1.04 bits per heavy atom. The number of halogens is 1. The number of carbonyl (C=O) groups is 1. The van der Waals surface area contributed by atoms with Crippen LogP contribution in [0.3, 0.4) is 0 Å². The molecule has 3 heterocycles. The molecule has 5 rings (SSSR count). The van der Waals surface area contributed by atoms with Crippen LogP contribution < -0.4 is 5.32 Å². The Morgan fingerprint density at radius 3 is 2.48 bits per heavy atom. The van der Waals surface area contributed by atoms with Gasteiger partial charge in [-0.05, 0) is 48.2 Å². The summed E-state index contributed by atoms with van der Waals surface area (Å²) in [5, 5.41) is 4.27. The highest BCUT2D eigenvalue weighted by Gasteiger charge is 2.38. The van der Waals surface area contributed by atoms with E-state index >= 15 is 0 Å². The Hall–Kier alpha value is -2.79. The van der Waals surface area contributed by atoms with Gasteiger partial charge in [-0.25, -0.2) is 9.37 Å². The zero-order valence-corrected chi connectivity index (χ0v) is 14.9. The summed E-state index contributed by atoms with van der Waals surface area (Å²) in [5.41, 5.74) is 2.95. The van der Waals surface area contributed by atoms with Crippen molar-refractivity contribution in [3.63, 3.8) is 0 Å². The number of benzene rings is 2. The number of rotatable bonds is 2. The van der Waals surface area contributed by atoms with Crippen LogP contribution in [0.1, 0.15) is 10.4 Å². The molecule has 1 N–H and O–H groups in total. The second kappa shape index (κ2) is 6.43. The number of aromatic nitrogens is 1. The minimum atomic E-state index is -0.284. The van der Waals surface area contributed by atoms with Gasteiger partial charge in [-0.3, -0.25) is 4.79 Å². The molecule has 0 unspecified atom stereocenters. The second-order valence-corrected chi connectivity index (χ2v) is 7.47. The number of hydrogen-bond acceptors (Lipinski definition) is 3. The summed E-state index contributed by atoms with van der Waals surface area (Å²) in [5.74, 6) is 0.886. The highest BCUT2D eigenvalue weighted by molar-refractivity contribution is 6.07. The van der Waals surface area contributed by atoms with E-state index < -0.39 is 0 Å². The van der Waals surface area contributed by atoms with E-state index in [4.69, 9.17) is 4.98 Å². The average Bonchev–Trinajstić information content (AvgIpc) is 3.29. The smallest absolute Gasteiger partial charge is 0.254 e. The summed E-state index contributed by atoms with van der Waals surface area (Å²) in [6.07, 6.45) is 0. The van der Waals surface area contributed by atoms with E-state index in [9.17, 15) is 9.18 Å². The van der Waals surface area contributed by atoms with Crippen molar-refractivity contribution >= 4 is 16.8 Å². The molecule has 0 spiro atoms. The molecule has 2 atom stereocenters. The quantitative estimate of drug-likeness (QED) is 0.762. The van der Waals surface area contributed by atoms with Gasteiger partial charge in [0.15, 0.2) is 0 Å². The molecule has 2 saturated heterocycles. The van der Waals surface area contributed by atoms with Crippen LogP contribution in [0.25, 0.3) is 22.2 Å². The maximum Gasteiger partial charge on any atom is 0.254 e. The van der Waals surface area contributed by atoms with Gasteiger partial charge in [0.2, 0.25) is 0 Å². The molecular formula is C22H20FN3O. The van der Waals surface area contributed by atoms with E-state index in [1.165, 1.54) is 12.1 Å². The summed E-state index contributed by atoms with van der Waals surface area (Å²) in [7, 11) is 0. The topological polar surface area (TPSA) is 45.2 Å². The number of amides is 1. The lowest BCUT2D eigenvalue weighted by Gasteiger charge is -2.19. The normalized spacial score (nSPS) is 21.6. The van der Waals surface area contributed by atoms with Crippen molar-refractivity contribution < 1.29 is 9.18 Å². The van der Waals surface area contributed by atoms with Gasteiger partial charge in [0.1, 0.15) is 5.82 Å². The summed E-state index contributed by atoms with van der Waals surface area (Å²) in [6.45, 7) is 3.59. The van der Waals surface area contributed by atoms with Gasteiger partial charge in [-0.1, -0.05) is 18.2 Å². The van der Waals surface area contributed by atoms with Gasteiger partial charge in [-0.15, -0.1) is 0 Å². The van der Waals surface area contributed by atoms with E-state index in [2.05, 4.69) is 5.32 Å². The van der Waals surface area contributed by atoms with E-state index in [0.717, 1.165) is 42.6 Å². The molecule has 2 aliphatic heterocycles. The molecule has 2 aromatic carbocycles. The van der Waals surface area contributed by atoms with Crippen LogP contribution in [-0.4, -0.2) is 42.0 Å². The summed E-state index contributed by atoms with van der Waals surface area (Å²) in [4.78, 5) is 20.0. The number of pyridine rings is 1. The number of fused-ring (bicyclic) bond motifs is 2. The van der Waals surface area contributed by atoms with Gasteiger partial charge in [-0.2, -0.15) is 0 Å². The fourth-order valence-corrected chi connectivity index (χ4v) is 4.31. The zero-order valence-electron chi connectivity index (χ0n) is 14.9. The predicted molar refractivity (Wildman–Crippen MR) is 103 cm³/mol. The maximum absolute atomic E-state index is 13.3. The Bertz CT molecular complexity index is 1010. The van der Waals surface area contributed by atoms with Gasteiger partial charge in [0.05, 0.1) is 16.8 Å². The first kappa shape index (κ1) is 16.4. The summed E-state index contributed by atoms with van der Waals surface area (Å²) < 4.78 is 13.3. The van der Waals surface area contributed by atoms with Crippen LogP contribution in [0.4, 0.5) is 4.39 Å². The SMILES string of the molecule is O=C(c1cc(-c2ccc(F)cc2)nc2ccccc12)N1C[C@H]2CNC[C@H]2C1. The average molecular weight is 361 g/mol. The molecule has 136 valence electrons. The lowest BCUT2D eigenvalue weighted by molar-refractivity contribution is 0.0783. The van der Waals surface area contributed by atoms with Crippen molar-refractivity contribution in [3.8, 4) is 11.3 Å². The van der Waals surface area contributed by atoms with Crippen LogP contribution >= 0.6 is 0 Å². The number of likely N-dealkylation sites (tertiary alicyclic amines) is 1. The maximum atomic E-state index is 13.3. The highest BCUT2D eigenvalue weighted by atomic mass is 19.1. The molecule has 2 aliphatic rings. The molecule has 1 aromatic heterocycles. The molecule has 2 fully saturated rings. The van der Waals surface area contributed by atoms with Crippen LogP contribution in [0.15, 0.2) is 54.6 Å². The summed E-state index contributed by atoms with van der Waals surface area (Å²) in [6, 6.07) is 15.8. The Kier molecular flexibility index (Phi) is 3.90. The van der Waals surface area contributed by atoms with Crippen molar-refractivity contribution in [2.75, 3.05) is 26.2 Å². The number of carbonyl (C=O) groups excluding carboxylic acids is 1. The number of para-hydroxylation sites is 1. The van der Waals surface area contributed by atoms with Crippen molar-refractivity contribution in [2.24, 2.45) is 11.8 Å². The van der Waals surface area contributed by atoms with Crippen LogP contribution in [0, 0.1) is 17.7 Å².